The largest absolute Gasteiger partial charge is 0.478 e. The van der Waals surface area contributed by atoms with E-state index in [0.717, 1.165) is 0 Å². The third-order valence-corrected chi connectivity index (χ3v) is 3.54. The molecule has 0 bridgehead atoms. The first kappa shape index (κ1) is 13.6. The monoisotopic (exact) mass is 258 g/mol. The van der Waals surface area contributed by atoms with Gasteiger partial charge in [-0.15, -0.1) is 0 Å². The van der Waals surface area contributed by atoms with Crippen molar-refractivity contribution in [1.29, 1.82) is 0 Å². The van der Waals surface area contributed by atoms with E-state index in [1.54, 1.807) is 6.92 Å². The van der Waals surface area contributed by atoms with E-state index in [1.807, 2.05) is 0 Å². The molecular weight excluding hydrogens is 244 g/mol. The Morgan fingerprint density at radius 2 is 2.24 bits per heavy atom. The second-order valence-electron chi connectivity index (χ2n) is 3.48. The van der Waals surface area contributed by atoms with Gasteiger partial charge in [0.15, 0.2) is 0 Å². The van der Waals surface area contributed by atoms with E-state index in [9.17, 15) is 13.2 Å². The Hall–Kier alpha value is -1.47. The van der Waals surface area contributed by atoms with Crippen molar-refractivity contribution in [2.45, 2.75) is 19.9 Å². The van der Waals surface area contributed by atoms with Crippen molar-refractivity contribution in [2.24, 2.45) is 0 Å². The van der Waals surface area contributed by atoms with Crippen LogP contribution in [-0.2, 0) is 16.6 Å². The fourth-order valence-electron chi connectivity index (χ4n) is 1.23. The number of pyridine rings is 1. The molecule has 0 aliphatic rings. The normalized spacial score (nSPS) is 11.4. The summed E-state index contributed by atoms with van der Waals surface area (Å²) >= 11 is 0. The van der Waals surface area contributed by atoms with Gasteiger partial charge < -0.3 is 5.11 Å². The van der Waals surface area contributed by atoms with Crippen molar-refractivity contribution in [3.05, 3.63) is 29.6 Å². The van der Waals surface area contributed by atoms with Crippen LogP contribution in [0.1, 0.15) is 29.4 Å². The summed E-state index contributed by atoms with van der Waals surface area (Å²) < 4.78 is 25.1. The minimum absolute atomic E-state index is 0.00343. The van der Waals surface area contributed by atoms with Crippen molar-refractivity contribution in [3.8, 4) is 0 Å². The topological polar surface area (TPSA) is 96.4 Å². The van der Waals surface area contributed by atoms with Crippen LogP contribution in [-0.4, -0.2) is 30.2 Å². The van der Waals surface area contributed by atoms with Crippen LogP contribution in [0.2, 0.25) is 0 Å². The molecule has 0 radical (unpaired) electrons. The van der Waals surface area contributed by atoms with Crippen molar-refractivity contribution in [2.75, 3.05) is 5.75 Å². The Labute approximate surface area is 99.7 Å². The van der Waals surface area contributed by atoms with Gasteiger partial charge in [0.1, 0.15) is 0 Å². The quantitative estimate of drug-likeness (QED) is 0.779. The van der Waals surface area contributed by atoms with Crippen molar-refractivity contribution >= 4 is 16.0 Å². The molecule has 0 fully saturated rings. The molecule has 0 saturated carbocycles. The Morgan fingerprint density at radius 3 is 2.82 bits per heavy atom. The summed E-state index contributed by atoms with van der Waals surface area (Å²) in [7, 11) is -3.30. The maximum Gasteiger partial charge on any atom is 0.335 e. The lowest BCUT2D eigenvalue weighted by atomic mass is 10.2. The average Bonchev–Trinajstić information content (AvgIpc) is 2.27. The predicted octanol–water partition coefficient (Wildman–Crippen LogP) is 0.609. The molecule has 7 heteroatoms. The lowest BCUT2D eigenvalue weighted by molar-refractivity contribution is 0.0696. The molecule has 0 aliphatic heterocycles. The minimum Gasteiger partial charge on any atom is -0.478 e. The molecule has 0 saturated heterocycles. The average molecular weight is 258 g/mol. The van der Waals surface area contributed by atoms with Gasteiger partial charge in [-0.1, -0.05) is 6.92 Å². The van der Waals surface area contributed by atoms with Gasteiger partial charge in [-0.25, -0.2) is 17.9 Å². The summed E-state index contributed by atoms with van der Waals surface area (Å²) in [4.78, 5) is 14.6. The Morgan fingerprint density at radius 1 is 1.53 bits per heavy atom. The minimum atomic E-state index is -3.30. The van der Waals surface area contributed by atoms with E-state index >= 15 is 0 Å². The molecule has 17 heavy (non-hydrogen) atoms. The van der Waals surface area contributed by atoms with Crippen LogP contribution in [0.4, 0.5) is 0 Å². The highest BCUT2D eigenvalue weighted by Crippen LogP contribution is 2.02. The fourth-order valence-corrected chi connectivity index (χ4v) is 2.28. The van der Waals surface area contributed by atoms with Gasteiger partial charge in [-0.3, -0.25) is 4.98 Å². The van der Waals surface area contributed by atoms with Crippen LogP contribution >= 0.6 is 0 Å². The third-order valence-electron chi connectivity index (χ3n) is 2.01. The van der Waals surface area contributed by atoms with Crippen LogP contribution < -0.4 is 4.72 Å². The molecule has 0 spiro atoms. The molecule has 2 N–H and O–H groups in total. The van der Waals surface area contributed by atoms with Crippen molar-refractivity contribution in [1.82, 2.24) is 9.71 Å². The first-order valence-corrected chi connectivity index (χ1v) is 6.75. The van der Waals surface area contributed by atoms with Crippen LogP contribution in [0.5, 0.6) is 0 Å². The molecule has 0 aromatic carbocycles. The lowest BCUT2D eigenvalue weighted by Crippen LogP contribution is -2.26. The van der Waals surface area contributed by atoms with Crippen LogP contribution in [0, 0.1) is 0 Å². The van der Waals surface area contributed by atoms with Gasteiger partial charge in [0.25, 0.3) is 0 Å². The molecule has 1 heterocycles. The van der Waals surface area contributed by atoms with Gasteiger partial charge in [-0.2, -0.15) is 0 Å². The lowest BCUT2D eigenvalue weighted by Gasteiger charge is -2.05. The molecule has 1 aromatic heterocycles. The molecule has 1 aromatic rings. The van der Waals surface area contributed by atoms with E-state index in [2.05, 4.69) is 9.71 Å². The first-order chi connectivity index (χ1) is 7.94. The summed E-state index contributed by atoms with van der Waals surface area (Å²) in [5, 5.41) is 8.76. The van der Waals surface area contributed by atoms with Gasteiger partial charge >= 0.3 is 5.97 Å². The summed E-state index contributed by atoms with van der Waals surface area (Å²) in [5.41, 5.74) is 0.467. The van der Waals surface area contributed by atoms with Crippen LogP contribution in [0.25, 0.3) is 0 Å². The molecule has 1 rings (SSSR count). The highest BCUT2D eigenvalue weighted by Gasteiger charge is 2.09. The van der Waals surface area contributed by atoms with E-state index in [-0.39, 0.29) is 17.9 Å². The molecule has 6 nitrogen and oxygen atoms in total. The molecule has 0 atom stereocenters. The van der Waals surface area contributed by atoms with Gasteiger partial charge in [0.2, 0.25) is 10.0 Å². The zero-order chi connectivity index (χ0) is 12.9. The summed E-state index contributed by atoms with van der Waals surface area (Å²) in [6, 6.07) is 2.70. The molecule has 94 valence electrons. The number of carbonyl (C=O) groups is 1. The van der Waals surface area contributed by atoms with E-state index in [1.165, 1.54) is 18.3 Å². The number of aromatic nitrogens is 1. The zero-order valence-corrected chi connectivity index (χ0v) is 10.2. The predicted molar refractivity (Wildman–Crippen MR) is 62.1 cm³/mol. The van der Waals surface area contributed by atoms with Gasteiger partial charge in [0.05, 0.1) is 23.6 Å². The SMILES string of the molecule is CCCS(=O)(=O)NCc1cc(C(=O)O)ccn1. The zero-order valence-electron chi connectivity index (χ0n) is 9.38. The van der Waals surface area contributed by atoms with Crippen LogP contribution in [0.3, 0.4) is 0 Å². The van der Waals surface area contributed by atoms with E-state index in [0.29, 0.717) is 12.1 Å². The second kappa shape index (κ2) is 5.74. The first-order valence-electron chi connectivity index (χ1n) is 5.10. The molecule has 0 amide bonds. The Bertz CT molecular complexity index is 499. The standard InChI is InChI=1S/C10H14N2O4S/c1-2-5-17(15,16)12-7-9-6-8(10(13)14)3-4-11-9/h3-4,6,12H,2,5,7H2,1H3,(H,13,14). The number of nitrogens with zero attached hydrogens (tertiary/aromatic N) is 1. The summed E-state index contributed by atoms with van der Waals surface area (Å²) in [6.45, 7) is 1.77. The van der Waals surface area contributed by atoms with Crippen LogP contribution in [0.15, 0.2) is 18.3 Å². The number of hydrogen-bond donors (Lipinski definition) is 2. The number of hydrogen-bond acceptors (Lipinski definition) is 4. The highest BCUT2D eigenvalue weighted by molar-refractivity contribution is 7.89. The van der Waals surface area contributed by atoms with E-state index in [4.69, 9.17) is 5.11 Å². The van der Waals surface area contributed by atoms with Crippen molar-refractivity contribution < 1.29 is 18.3 Å². The molecule has 0 aliphatic carbocycles. The number of sulfonamides is 1. The Kier molecular flexibility index (Phi) is 4.59. The summed E-state index contributed by atoms with van der Waals surface area (Å²) in [5.74, 6) is -1.02. The number of rotatable bonds is 6. The van der Waals surface area contributed by atoms with Crippen molar-refractivity contribution in [3.63, 3.8) is 0 Å². The number of nitrogens with one attached hydrogen (secondary N) is 1. The van der Waals surface area contributed by atoms with Gasteiger partial charge in [-0.05, 0) is 18.6 Å². The fraction of sp³-hybridized carbons (Fsp3) is 0.400. The smallest absolute Gasteiger partial charge is 0.335 e. The third kappa shape index (κ3) is 4.49. The molecular formula is C10H14N2O4S. The van der Waals surface area contributed by atoms with E-state index < -0.39 is 16.0 Å². The summed E-state index contributed by atoms with van der Waals surface area (Å²) in [6.07, 6.45) is 1.87. The number of aromatic carboxylic acids is 1. The number of carboxylic acid groups (broad SMARTS) is 1. The molecule has 0 unspecified atom stereocenters. The highest BCUT2D eigenvalue weighted by atomic mass is 32.2. The second-order valence-corrected chi connectivity index (χ2v) is 5.41. The number of carboxylic acids is 1. The maximum absolute atomic E-state index is 11.4. The maximum atomic E-state index is 11.4. The Balaban J connectivity index is 2.70. The van der Waals surface area contributed by atoms with Gasteiger partial charge in [0, 0.05) is 6.20 Å².